The fourth-order valence-corrected chi connectivity index (χ4v) is 1.25. The van der Waals surface area contributed by atoms with E-state index in [0.717, 1.165) is 11.3 Å². The van der Waals surface area contributed by atoms with Crippen LogP contribution < -0.4 is 5.73 Å². The van der Waals surface area contributed by atoms with Crippen LogP contribution in [-0.2, 0) is 0 Å². The van der Waals surface area contributed by atoms with Gasteiger partial charge in [0.2, 0.25) is 0 Å². The second-order valence-corrected chi connectivity index (χ2v) is 3.10. The molecule has 1 atom stereocenters. The molecule has 1 unspecified atom stereocenters. The van der Waals surface area contributed by atoms with Gasteiger partial charge in [0, 0.05) is 6.20 Å². The van der Waals surface area contributed by atoms with Gasteiger partial charge in [0.15, 0.2) is 6.29 Å². The van der Waals surface area contributed by atoms with E-state index in [2.05, 4.69) is 4.98 Å². The standard InChI is InChI=1S/C6H8N2OS/c1-4(7)6-8-2-5(3-9)10-6/h2-4H,7H2,1H3. The van der Waals surface area contributed by atoms with Crippen molar-refractivity contribution in [2.24, 2.45) is 5.73 Å². The Labute approximate surface area is 62.9 Å². The van der Waals surface area contributed by atoms with E-state index in [-0.39, 0.29) is 6.04 Å². The first kappa shape index (κ1) is 7.37. The topological polar surface area (TPSA) is 56.0 Å². The fraction of sp³-hybridized carbons (Fsp3) is 0.333. The van der Waals surface area contributed by atoms with E-state index in [1.165, 1.54) is 17.5 Å². The largest absolute Gasteiger partial charge is 0.322 e. The first-order chi connectivity index (χ1) is 4.74. The van der Waals surface area contributed by atoms with Crippen molar-refractivity contribution in [3.8, 4) is 0 Å². The monoisotopic (exact) mass is 156 g/mol. The van der Waals surface area contributed by atoms with E-state index in [9.17, 15) is 4.79 Å². The second kappa shape index (κ2) is 2.90. The molecule has 1 aromatic rings. The van der Waals surface area contributed by atoms with Crippen LogP contribution in [0.3, 0.4) is 0 Å². The number of carbonyl (C=O) groups excluding carboxylic acids is 1. The summed E-state index contributed by atoms with van der Waals surface area (Å²) in [4.78, 5) is 14.8. The van der Waals surface area contributed by atoms with Gasteiger partial charge in [-0.3, -0.25) is 4.79 Å². The molecule has 54 valence electrons. The molecule has 0 amide bonds. The van der Waals surface area contributed by atoms with Gasteiger partial charge in [0.25, 0.3) is 0 Å². The number of rotatable bonds is 2. The zero-order chi connectivity index (χ0) is 7.56. The number of nitrogens with zero attached hydrogens (tertiary/aromatic N) is 1. The average Bonchev–Trinajstić information content (AvgIpc) is 2.34. The van der Waals surface area contributed by atoms with Crippen molar-refractivity contribution in [2.45, 2.75) is 13.0 Å². The Balaban J connectivity index is 2.88. The third-order valence-corrected chi connectivity index (χ3v) is 2.17. The summed E-state index contributed by atoms with van der Waals surface area (Å²) in [6.07, 6.45) is 2.32. The number of carbonyl (C=O) groups is 1. The first-order valence-electron chi connectivity index (χ1n) is 2.90. The smallest absolute Gasteiger partial charge is 0.161 e. The summed E-state index contributed by atoms with van der Waals surface area (Å²) in [6, 6.07) is -0.0706. The number of aromatic nitrogens is 1. The normalized spacial score (nSPS) is 13.0. The van der Waals surface area contributed by atoms with Gasteiger partial charge in [0.05, 0.1) is 10.9 Å². The first-order valence-corrected chi connectivity index (χ1v) is 3.72. The van der Waals surface area contributed by atoms with Crippen LogP contribution in [0.1, 0.15) is 27.6 Å². The summed E-state index contributed by atoms with van der Waals surface area (Å²) in [6.45, 7) is 1.84. The highest BCUT2D eigenvalue weighted by Gasteiger charge is 2.03. The van der Waals surface area contributed by atoms with Crippen molar-refractivity contribution in [1.29, 1.82) is 0 Å². The summed E-state index contributed by atoms with van der Waals surface area (Å²) in [5, 5.41) is 0.808. The Hall–Kier alpha value is -0.740. The molecule has 0 fully saturated rings. The quantitative estimate of drug-likeness (QED) is 0.649. The minimum absolute atomic E-state index is 0.0706. The molecule has 0 saturated heterocycles. The van der Waals surface area contributed by atoms with Crippen molar-refractivity contribution in [3.05, 3.63) is 16.1 Å². The highest BCUT2D eigenvalue weighted by Crippen LogP contribution is 2.15. The van der Waals surface area contributed by atoms with E-state index < -0.39 is 0 Å². The molecule has 0 saturated carbocycles. The van der Waals surface area contributed by atoms with Gasteiger partial charge < -0.3 is 5.73 Å². The van der Waals surface area contributed by atoms with Crippen LogP contribution in [-0.4, -0.2) is 11.3 Å². The molecule has 0 aliphatic rings. The van der Waals surface area contributed by atoms with E-state index in [4.69, 9.17) is 5.73 Å². The second-order valence-electron chi connectivity index (χ2n) is 2.01. The van der Waals surface area contributed by atoms with Crippen molar-refractivity contribution in [2.75, 3.05) is 0 Å². The maximum Gasteiger partial charge on any atom is 0.161 e. The highest BCUT2D eigenvalue weighted by atomic mass is 32.1. The van der Waals surface area contributed by atoms with Crippen LogP contribution in [0.2, 0.25) is 0 Å². The lowest BCUT2D eigenvalue weighted by Gasteiger charge is -1.94. The summed E-state index contributed by atoms with van der Waals surface area (Å²) in [5.41, 5.74) is 5.51. The van der Waals surface area contributed by atoms with Crippen LogP contribution in [0.4, 0.5) is 0 Å². The van der Waals surface area contributed by atoms with Crippen molar-refractivity contribution < 1.29 is 4.79 Å². The number of aldehydes is 1. The third kappa shape index (κ3) is 1.40. The van der Waals surface area contributed by atoms with Gasteiger partial charge in [-0.25, -0.2) is 4.98 Å². The van der Waals surface area contributed by atoms with Crippen LogP contribution in [0.5, 0.6) is 0 Å². The molecule has 4 heteroatoms. The summed E-state index contributed by atoms with van der Waals surface area (Å²) in [5.74, 6) is 0. The number of thiazole rings is 1. The Bertz CT molecular complexity index is 231. The van der Waals surface area contributed by atoms with Crippen LogP contribution in [0.15, 0.2) is 6.20 Å². The Morgan fingerprint density at radius 2 is 2.60 bits per heavy atom. The van der Waals surface area contributed by atoms with Crippen LogP contribution in [0, 0.1) is 0 Å². The minimum Gasteiger partial charge on any atom is -0.322 e. The molecule has 10 heavy (non-hydrogen) atoms. The predicted molar refractivity (Wildman–Crippen MR) is 40.1 cm³/mol. The molecule has 1 aromatic heterocycles. The predicted octanol–water partition coefficient (Wildman–Crippen LogP) is 0.975. The SMILES string of the molecule is CC(N)c1ncc(C=O)s1. The van der Waals surface area contributed by atoms with Crippen LogP contribution in [0.25, 0.3) is 0 Å². The molecule has 0 bridgehead atoms. The van der Waals surface area contributed by atoms with Crippen molar-refractivity contribution in [3.63, 3.8) is 0 Å². The highest BCUT2D eigenvalue weighted by molar-refractivity contribution is 7.13. The number of hydrogen-bond acceptors (Lipinski definition) is 4. The van der Waals surface area contributed by atoms with Gasteiger partial charge in [-0.15, -0.1) is 11.3 Å². The van der Waals surface area contributed by atoms with E-state index in [1.54, 1.807) is 0 Å². The lowest BCUT2D eigenvalue weighted by Crippen LogP contribution is -2.03. The summed E-state index contributed by atoms with van der Waals surface area (Å²) >= 11 is 1.34. The lowest BCUT2D eigenvalue weighted by atomic mass is 10.4. The molecule has 1 rings (SSSR count). The Morgan fingerprint density at radius 1 is 1.90 bits per heavy atom. The summed E-state index contributed by atoms with van der Waals surface area (Å²) < 4.78 is 0. The molecule has 3 nitrogen and oxygen atoms in total. The van der Waals surface area contributed by atoms with Gasteiger partial charge in [-0.2, -0.15) is 0 Å². The molecule has 0 aliphatic carbocycles. The van der Waals surface area contributed by atoms with Gasteiger partial charge in [-0.1, -0.05) is 0 Å². The third-order valence-electron chi connectivity index (χ3n) is 1.05. The van der Waals surface area contributed by atoms with E-state index in [0.29, 0.717) is 4.88 Å². The zero-order valence-electron chi connectivity index (χ0n) is 5.57. The molecule has 0 aromatic carbocycles. The van der Waals surface area contributed by atoms with Gasteiger partial charge in [0.1, 0.15) is 5.01 Å². The Kier molecular flexibility index (Phi) is 2.13. The molecule has 1 heterocycles. The zero-order valence-corrected chi connectivity index (χ0v) is 6.39. The fourth-order valence-electron chi connectivity index (χ4n) is 0.566. The van der Waals surface area contributed by atoms with Gasteiger partial charge >= 0.3 is 0 Å². The van der Waals surface area contributed by atoms with Crippen molar-refractivity contribution in [1.82, 2.24) is 4.98 Å². The number of hydrogen-bond donors (Lipinski definition) is 1. The Morgan fingerprint density at radius 3 is 2.90 bits per heavy atom. The lowest BCUT2D eigenvalue weighted by molar-refractivity contribution is 0.112. The molecular weight excluding hydrogens is 148 g/mol. The van der Waals surface area contributed by atoms with E-state index >= 15 is 0 Å². The summed E-state index contributed by atoms with van der Waals surface area (Å²) in [7, 11) is 0. The maximum absolute atomic E-state index is 10.2. The van der Waals surface area contributed by atoms with Crippen molar-refractivity contribution >= 4 is 17.6 Å². The minimum atomic E-state index is -0.0706. The average molecular weight is 156 g/mol. The maximum atomic E-state index is 10.2. The molecule has 0 spiro atoms. The molecule has 0 radical (unpaired) electrons. The van der Waals surface area contributed by atoms with Gasteiger partial charge in [-0.05, 0) is 6.92 Å². The molecular formula is C6H8N2OS. The number of nitrogens with two attached hydrogens (primary N) is 1. The van der Waals surface area contributed by atoms with Crippen LogP contribution >= 0.6 is 11.3 Å². The molecule has 2 N–H and O–H groups in total. The van der Waals surface area contributed by atoms with E-state index in [1.807, 2.05) is 6.92 Å². The molecule has 0 aliphatic heterocycles.